The summed E-state index contributed by atoms with van der Waals surface area (Å²) in [5.41, 5.74) is 2.91. The van der Waals surface area contributed by atoms with Gasteiger partial charge in [0.05, 0.1) is 11.5 Å². The van der Waals surface area contributed by atoms with Crippen molar-refractivity contribution in [2.45, 2.75) is 76.5 Å². The fourth-order valence-corrected chi connectivity index (χ4v) is 4.10. The van der Waals surface area contributed by atoms with Gasteiger partial charge in [0.25, 0.3) is 0 Å². The standard InChI is InChI=1S/C17H24F3N3O5/c1-14(2,3)28-13(26)21-16-6-15(7-16,8-16)12(25)23-22-11(24)9-4-10(5-9)27-17(18,19)20/h9-10H,4-8H2,1-3H3,(H,21,26)(H,22,24)(H,23,25). The molecule has 2 bridgehead atoms. The molecule has 4 aliphatic carbocycles. The molecule has 3 N–H and O–H groups in total. The average molecular weight is 407 g/mol. The first-order valence-corrected chi connectivity index (χ1v) is 9.07. The number of amides is 3. The Labute approximate surface area is 159 Å². The van der Waals surface area contributed by atoms with Gasteiger partial charge in [0, 0.05) is 11.5 Å². The van der Waals surface area contributed by atoms with Gasteiger partial charge in [-0.15, -0.1) is 13.2 Å². The van der Waals surface area contributed by atoms with Crippen molar-refractivity contribution < 1.29 is 37.0 Å². The van der Waals surface area contributed by atoms with Gasteiger partial charge in [0.2, 0.25) is 11.8 Å². The van der Waals surface area contributed by atoms with Gasteiger partial charge in [-0.05, 0) is 52.9 Å². The highest BCUT2D eigenvalue weighted by Gasteiger charge is 2.72. The highest BCUT2D eigenvalue weighted by molar-refractivity contribution is 5.90. The second kappa shape index (κ2) is 6.50. The second-order valence-electron chi connectivity index (χ2n) is 9.02. The van der Waals surface area contributed by atoms with E-state index < -0.39 is 46.9 Å². The SMILES string of the molecule is CC(C)(C)OC(=O)NC12CC(C(=O)NNC(=O)C3CC(OC(F)(F)F)C3)(C1)C2. The van der Waals surface area contributed by atoms with E-state index in [1.54, 1.807) is 20.8 Å². The monoisotopic (exact) mass is 407 g/mol. The Balaban J connectivity index is 1.35. The molecule has 158 valence electrons. The summed E-state index contributed by atoms with van der Waals surface area (Å²) in [4.78, 5) is 36.0. The van der Waals surface area contributed by atoms with Crippen molar-refractivity contribution in [3.05, 3.63) is 0 Å². The van der Waals surface area contributed by atoms with E-state index in [1.165, 1.54) is 0 Å². The number of nitrogens with one attached hydrogen (secondary N) is 3. The molecule has 4 aliphatic rings. The van der Waals surface area contributed by atoms with Crippen LogP contribution in [0.4, 0.5) is 18.0 Å². The van der Waals surface area contributed by atoms with Gasteiger partial charge in [-0.2, -0.15) is 0 Å². The lowest BCUT2D eigenvalue weighted by molar-refractivity contribution is -0.353. The van der Waals surface area contributed by atoms with Crippen molar-refractivity contribution >= 4 is 17.9 Å². The Bertz CT molecular complexity index is 663. The van der Waals surface area contributed by atoms with Crippen LogP contribution in [0.1, 0.15) is 52.9 Å². The average Bonchev–Trinajstić information content (AvgIpc) is 2.38. The Kier molecular flexibility index (Phi) is 4.80. The van der Waals surface area contributed by atoms with Crippen molar-refractivity contribution in [1.29, 1.82) is 0 Å². The van der Waals surface area contributed by atoms with E-state index in [4.69, 9.17) is 4.74 Å². The molecule has 4 saturated carbocycles. The molecule has 11 heteroatoms. The third kappa shape index (κ3) is 4.34. The number of hydrogen-bond acceptors (Lipinski definition) is 5. The minimum atomic E-state index is -4.71. The van der Waals surface area contributed by atoms with E-state index in [9.17, 15) is 27.6 Å². The molecule has 0 spiro atoms. The smallest absolute Gasteiger partial charge is 0.444 e. The molecule has 4 fully saturated rings. The topological polar surface area (TPSA) is 106 Å². The van der Waals surface area contributed by atoms with Crippen LogP contribution in [0, 0.1) is 11.3 Å². The number of rotatable bonds is 4. The van der Waals surface area contributed by atoms with Crippen LogP contribution >= 0.6 is 0 Å². The number of carbonyl (C=O) groups is 3. The number of hydrazine groups is 1. The number of ether oxygens (including phenoxy) is 2. The van der Waals surface area contributed by atoms with E-state index in [1.807, 2.05) is 0 Å². The van der Waals surface area contributed by atoms with Crippen molar-refractivity contribution in [2.75, 3.05) is 0 Å². The highest BCUT2D eigenvalue weighted by atomic mass is 19.4. The van der Waals surface area contributed by atoms with E-state index in [0.717, 1.165) is 0 Å². The fraction of sp³-hybridized carbons (Fsp3) is 0.824. The largest absolute Gasteiger partial charge is 0.522 e. The first-order chi connectivity index (χ1) is 12.7. The molecule has 0 heterocycles. The van der Waals surface area contributed by atoms with Crippen molar-refractivity contribution in [3.63, 3.8) is 0 Å². The molecule has 3 amide bonds. The summed E-state index contributed by atoms with van der Waals surface area (Å²) in [5, 5.41) is 2.79. The third-order valence-electron chi connectivity index (χ3n) is 5.34. The zero-order chi connectivity index (χ0) is 21.0. The van der Waals surface area contributed by atoms with Crippen LogP contribution in [-0.2, 0) is 19.1 Å². The summed E-state index contributed by atoms with van der Waals surface area (Å²) in [6.45, 7) is 5.27. The molecule has 0 saturated heterocycles. The highest BCUT2D eigenvalue weighted by Crippen LogP contribution is 2.67. The Hall–Kier alpha value is -2.04. The Morgan fingerprint density at radius 2 is 1.57 bits per heavy atom. The fourth-order valence-electron chi connectivity index (χ4n) is 4.10. The molecule has 8 nitrogen and oxygen atoms in total. The van der Waals surface area contributed by atoms with Gasteiger partial charge < -0.3 is 10.1 Å². The predicted molar refractivity (Wildman–Crippen MR) is 88.3 cm³/mol. The minimum Gasteiger partial charge on any atom is -0.444 e. The molecule has 0 aliphatic heterocycles. The van der Waals surface area contributed by atoms with E-state index in [-0.39, 0.29) is 18.7 Å². The third-order valence-corrected chi connectivity index (χ3v) is 5.34. The molecule has 0 radical (unpaired) electrons. The molecule has 0 aromatic carbocycles. The summed E-state index contributed by atoms with van der Waals surface area (Å²) >= 11 is 0. The molecule has 0 aromatic heterocycles. The number of halogens is 3. The summed E-state index contributed by atoms with van der Waals surface area (Å²) in [7, 11) is 0. The number of alkyl halides is 3. The van der Waals surface area contributed by atoms with Crippen LogP contribution in [-0.4, -0.2) is 41.5 Å². The Morgan fingerprint density at radius 1 is 1.00 bits per heavy atom. The van der Waals surface area contributed by atoms with Gasteiger partial charge in [-0.3, -0.25) is 25.2 Å². The summed E-state index contributed by atoms with van der Waals surface area (Å²) in [6.07, 6.45) is -5.01. The molecule has 0 unspecified atom stereocenters. The van der Waals surface area contributed by atoms with E-state index >= 15 is 0 Å². The molecule has 0 atom stereocenters. The molecular formula is C17H24F3N3O5. The number of alkyl carbamates (subject to hydrolysis) is 1. The maximum absolute atomic E-state index is 12.3. The van der Waals surface area contributed by atoms with E-state index in [2.05, 4.69) is 20.9 Å². The normalized spacial score (nSPS) is 33.5. The first-order valence-electron chi connectivity index (χ1n) is 9.07. The van der Waals surface area contributed by atoms with Crippen LogP contribution in [0.25, 0.3) is 0 Å². The zero-order valence-electron chi connectivity index (χ0n) is 15.9. The summed E-state index contributed by atoms with van der Waals surface area (Å²) in [5.74, 6) is -1.53. The molecule has 0 aromatic rings. The van der Waals surface area contributed by atoms with Crippen molar-refractivity contribution in [2.24, 2.45) is 11.3 Å². The summed E-state index contributed by atoms with van der Waals surface area (Å²) in [6, 6.07) is 0. The molecule has 4 rings (SSSR count). The van der Waals surface area contributed by atoms with Crippen molar-refractivity contribution in [1.82, 2.24) is 16.2 Å². The molecular weight excluding hydrogens is 383 g/mol. The number of hydrogen-bond donors (Lipinski definition) is 3. The van der Waals surface area contributed by atoms with Crippen molar-refractivity contribution in [3.8, 4) is 0 Å². The lowest BCUT2D eigenvalue weighted by Crippen LogP contribution is -2.79. The van der Waals surface area contributed by atoms with Gasteiger partial charge in [0.1, 0.15) is 5.60 Å². The maximum atomic E-state index is 12.3. The molecule has 28 heavy (non-hydrogen) atoms. The second-order valence-corrected chi connectivity index (χ2v) is 9.02. The number of carbonyl (C=O) groups excluding carboxylic acids is 3. The lowest BCUT2D eigenvalue weighted by atomic mass is 9.39. The maximum Gasteiger partial charge on any atom is 0.522 e. The quantitative estimate of drug-likeness (QED) is 0.618. The van der Waals surface area contributed by atoms with Crippen LogP contribution in [0.2, 0.25) is 0 Å². The first kappa shape index (κ1) is 20.7. The predicted octanol–water partition coefficient (Wildman–Crippen LogP) is 1.90. The summed E-state index contributed by atoms with van der Waals surface area (Å²) < 4.78 is 45.2. The Morgan fingerprint density at radius 3 is 2.07 bits per heavy atom. The van der Waals surface area contributed by atoms with Crippen LogP contribution in [0.15, 0.2) is 0 Å². The van der Waals surface area contributed by atoms with Gasteiger partial charge in [0.15, 0.2) is 0 Å². The van der Waals surface area contributed by atoms with Gasteiger partial charge >= 0.3 is 12.5 Å². The van der Waals surface area contributed by atoms with Gasteiger partial charge in [-0.1, -0.05) is 0 Å². The zero-order valence-corrected chi connectivity index (χ0v) is 15.9. The van der Waals surface area contributed by atoms with E-state index in [0.29, 0.717) is 19.3 Å². The van der Waals surface area contributed by atoms with Crippen LogP contribution in [0.3, 0.4) is 0 Å². The van der Waals surface area contributed by atoms with Crippen LogP contribution < -0.4 is 16.2 Å². The minimum absolute atomic E-state index is 0.0464. The lowest BCUT2D eigenvalue weighted by Gasteiger charge is -2.68. The van der Waals surface area contributed by atoms with Gasteiger partial charge in [-0.25, -0.2) is 4.79 Å². The van der Waals surface area contributed by atoms with Crippen LogP contribution in [0.5, 0.6) is 0 Å².